The van der Waals surface area contributed by atoms with Crippen molar-refractivity contribution >= 4 is 11.5 Å². The minimum absolute atomic E-state index is 0.241. The second-order valence-corrected chi connectivity index (χ2v) is 7.18. The van der Waals surface area contributed by atoms with E-state index in [1.54, 1.807) is 24.9 Å². The molecule has 6 rings (SSSR count). The molecule has 10 nitrogen and oxygen atoms in total. The first kappa shape index (κ1) is 16.8. The number of H-pyrrole nitrogens is 1. The third-order valence-electron chi connectivity index (χ3n) is 5.38. The van der Waals surface area contributed by atoms with E-state index < -0.39 is 0 Å². The van der Waals surface area contributed by atoms with Crippen LogP contribution in [0.25, 0.3) is 17.1 Å². The fourth-order valence-electron chi connectivity index (χ4n) is 3.94. The Labute approximate surface area is 170 Å². The number of hydrogen-bond donors (Lipinski definition) is 1. The van der Waals surface area contributed by atoms with Gasteiger partial charge in [-0.2, -0.15) is 5.10 Å². The molecule has 0 saturated heterocycles. The van der Waals surface area contributed by atoms with Gasteiger partial charge in [0.1, 0.15) is 11.7 Å². The van der Waals surface area contributed by atoms with Gasteiger partial charge in [-0.15, -0.1) is 5.10 Å². The first-order valence-corrected chi connectivity index (χ1v) is 9.61. The summed E-state index contributed by atoms with van der Waals surface area (Å²) in [5.74, 6) is 0.329. The Balaban J connectivity index is 1.46. The average Bonchev–Trinajstić information content (AvgIpc) is 3.52. The highest BCUT2D eigenvalue weighted by Crippen LogP contribution is 2.37. The first-order valence-electron chi connectivity index (χ1n) is 9.61. The molecule has 0 fully saturated rings. The molecule has 1 N–H and O–H groups in total. The summed E-state index contributed by atoms with van der Waals surface area (Å²) in [6.45, 7) is 2.76. The van der Waals surface area contributed by atoms with Crippen LogP contribution in [0.4, 0.5) is 6.01 Å². The van der Waals surface area contributed by atoms with Gasteiger partial charge in [-0.3, -0.25) is 4.98 Å². The van der Waals surface area contributed by atoms with E-state index in [-0.39, 0.29) is 6.04 Å². The van der Waals surface area contributed by atoms with Gasteiger partial charge in [0.2, 0.25) is 0 Å². The summed E-state index contributed by atoms with van der Waals surface area (Å²) < 4.78 is 7.87. The third kappa shape index (κ3) is 2.57. The van der Waals surface area contributed by atoms with Crippen molar-refractivity contribution in [3.63, 3.8) is 0 Å². The van der Waals surface area contributed by atoms with Crippen molar-refractivity contribution in [1.29, 1.82) is 0 Å². The number of hydrogen-bond acceptors (Lipinski definition) is 8. The second kappa shape index (κ2) is 6.48. The van der Waals surface area contributed by atoms with E-state index in [4.69, 9.17) is 9.52 Å². The number of rotatable bonds is 3. The number of nitrogens with one attached hydrogen (secondary N) is 1. The molecule has 0 aromatic carbocycles. The topological polar surface area (TPSA) is 114 Å². The zero-order valence-corrected chi connectivity index (χ0v) is 16.1. The minimum atomic E-state index is -0.241. The van der Waals surface area contributed by atoms with Gasteiger partial charge in [-0.1, -0.05) is 11.2 Å². The van der Waals surface area contributed by atoms with Crippen molar-refractivity contribution in [3.05, 3.63) is 72.0 Å². The van der Waals surface area contributed by atoms with Crippen LogP contribution in [0.5, 0.6) is 0 Å². The molecule has 6 heterocycles. The predicted molar refractivity (Wildman–Crippen MR) is 107 cm³/mol. The molecule has 148 valence electrons. The van der Waals surface area contributed by atoms with Crippen LogP contribution in [-0.2, 0) is 6.42 Å². The molecule has 1 atom stereocenters. The van der Waals surface area contributed by atoms with Crippen molar-refractivity contribution < 1.29 is 4.42 Å². The highest BCUT2D eigenvalue weighted by molar-refractivity contribution is 5.57. The fourth-order valence-corrected chi connectivity index (χ4v) is 3.94. The molecule has 5 aromatic heterocycles. The van der Waals surface area contributed by atoms with E-state index >= 15 is 0 Å². The molecule has 5 aromatic rings. The lowest BCUT2D eigenvalue weighted by Crippen LogP contribution is -2.36. The van der Waals surface area contributed by atoms with Gasteiger partial charge >= 0.3 is 6.01 Å². The Morgan fingerprint density at radius 1 is 1.20 bits per heavy atom. The zero-order valence-electron chi connectivity index (χ0n) is 16.1. The lowest BCUT2D eigenvalue weighted by Gasteiger charge is -2.32. The smallest absolute Gasteiger partial charge is 0.319 e. The number of nitrogens with zero attached hydrogens (tertiary/aromatic N) is 8. The summed E-state index contributed by atoms with van der Waals surface area (Å²) in [4.78, 5) is 18.2. The van der Waals surface area contributed by atoms with Crippen LogP contribution in [0.15, 0.2) is 53.7 Å². The molecule has 10 heteroatoms. The van der Waals surface area contributed by atoms with Crippen molar-refractivity contribution in [2.24, 2.45) is 0 Å². The Hall–Kier alpha value is -4.08. The molecular formula is C20H17N9O. The first-order chi connectivity index (χ1) is 14.8. The van der Waals surface area contributed by atoms with Crippen molar-refractivity contribution in [3.8, 4) is 11.6 Å². The summed E-state index contributed by atoms with van der Waals surface area (Å²) in [6, 6.07) is 6.32. The fraction of sp³-hybridized carbons (Fsp3) is 0.200. The van der Waals surface area contributed by atoms with Crippen LogP contribution in [0.2, 0.25) is 0 Å². The predicted octanol–water partition coefficient (Wildman–Crippen LogP) is 2.36. The second-order valence-electron chi connectivity index (χ2n) is 7.18. The largest absolute Gasteiger partial charge is 0.401 e. The maximum Gasteiger partial charge on any atom is 0.319 e. The number of aryl methyl sites for hydroxylation is 1. The Kier molecular flexibility index (Phi) is 3.63. The molecule has 1 aliphatic rings. The molecule has 0 radical (unpaired) electrons. The van der Waals surface area contributed by atoms with Crippen LogP contribution in [-0.4, -0.2) is 46.3 Å². The van der Waals surface area contributed by atoms with Gasteiger partial charge < -0.3 is 14.3 Å². The molecule has 0 amide bonds. The Morgan fingerprint density at radius 2 is 2.17 bits per heavy atom. The van der Waals surface area contributed by atoms with Gasteiger partial charge in [0.15, 0.2) is 0 Å². The number of imidazole rings is 1. The monoisotopic (exact) mass is 399 g/mol. The van der Waals surface area contributed by atoms with Crippen LogP contribution in [0.3, 0.4) is 0 Å². The highest BCUT2D eigenvalue weighted by atomic mass is 16.4. The highest BCUT2D eigenvalue weighted by Gasteiger charge is 2.36. The number of fused-ring (bicyclic) bond motifs is 2. The molecule has 0 unspecified atom stereocenters. The lowest BCUT2D eigenvalue weighted by atomic mass is 10.00. The summed E-state index contributed by atoms with van der Waals surface area (Å²) in [7, 11) is 0. The maximum atomic E-state index is 5.98. The lowest BCUT2D eigenvalue weighted by molar-refractivity contribution is 0.502. The van der Waals surface area contributed by atoms with Crippen LogP contribution < -0.4 is 4.90 Å². The summed E-state index contributed by atoms with van der Waals surface area (Å²) >= 11 is 0. The summed E-state index contributed by atoms with van der Waals surface area (Å²) in [5, 5.41) is 13.3. The van der Waals surface area contributed by atoms with Gasteiger partial charge in [0.05, 0.1) is 29.4 Å². The van der Waals surface area contributed by atoms with Gasteiger partial charge in [0.25, 0.3) is 5.89 Å². The molecule has 30 heavy (non-hydrogen) atoms. The normalized spacial score (nSPS) is 16.2. The molecule has 1 aliphatic heterocycles. The summed E-state index contributed by atoms with van der Waals surface area (Å²) in [6.07, 6.45) is 9.26. The number of anilines is 1. The molecule has 0 spiro atoms. The SMILES string of the molecule is Cc1cccn2nc([C@@H]3c4nc[nH]c4CCN3c3nnc(-c4cnccn4)o3)cc12. The standard InChI is InChI=1S/C20H17N9O/c1-12-3-2-7-29-16(12)9-14(27-29)18-17-13(23-11-24-17)4-8-28(18)20-26-25-19(30-20)15-10-21-5-6-22-15/h2-3,5-7,9-11,18H,4,8H2,1H3,(H,23,24)/t18-/m1/s1. The van der Waals surface area contributed by atoms with E-state index in [9.17, 15) is 0 Å². The van der Waals surface area contributed by atoms with Crippen LogP contribution >= 0.6 is 0 Å². The molecular weight excluding hydrogens is 382 g/mol. The van der Waals surface area contributed by atoms with Crippen molar-refractivity contribution in [2.45, 2.75) is 19.4 Å². The summed E-state index contributed by atoms with van der Waals surface area (Å²) in [5.41, 5.74) is 5.63. The zero-order chi connectivity index (χ0) is 20.1. The Bertz CT molecular complexity index is 1340. The van der Waals surface area contributed by atoms with Crippen molar-refractivity contribution in [2.75, 3.05) is 11.4 Å². The van der Waals surface area contributed by atoms with E-state index in [0.717, 1.165) is 34.6 Å². The van der Waals surface area contributed by atoms with Crippen LogP contribution in [0.1, 0.15) is 28.7 Å². The number of aromatic nitrogens is 8. The molecule has 0 bridgehead atoms. The van der Waals surface area contributed by atoms with Crippen LogP contribution in [0, 0.1) is 6.92 Å². The number of aromatic amines is 1. The Morgan fingerprint density at radius 3 is 3.03 bits per heavy atom. The molecule has 0 aliphatic carbocycles. The van der Waals surface area contributed by atoms with Gasteiger partial charge in [-0.25, -0.2) is 14.5 Å². The molecule has 0 saturated carbocycles. The minimum Gasteiger partial charge on any atom is -0.401 e. The maximum absolute atomic E-state index is 5.98. The van der Waals surface area contributed by atoms with E-state index in [1.165, 1.54) is 0 Å². The van der Waals surface area contributed by atoms with E-state index in [1.807, 2.05) is 21.7 Å². The van der Waals surface area contributed by atoms with Gasteiger partial charge in [-0.05, 0) is 24.6 Å². The van der Waals surface area contributed by atoms with E-state index in [2.05, 4.69) is 49.2 Å². The third-order valence-corrected chi connectivity index (χ3v) is 5.38. The van der Waals surface area contributed by atoms with Gasteiger partial charge in [0, 0.05) is 37.3 Å². The van der Waals surface area contributed by atoms with Crippen molar-refractivity contribution in [1.82, 2.24) is 39.7 Å². The quantitative estimate of drug-likeness (QED) is 0.492. The number of pyridine rings is 1. The average molecular weight is 399 g/mol. The van der Waals surface area contributed by atoms with E-state index in [0.29, 0.717) is 24.1 Å².